The van der Waals surface area contributed by atoms with Crippen LogP contribution in [0.4, 0.5) is 0 Å². The quantitative estimate of drug-likeness (QED) is 0.356. The minimum atomic E-state index is -1.22. The average Bonchev–Trinajstić information content (AvgIpc) is 2.95. The highest BCUT2D eigenvalue weighted by molar-refractivity contribution is 5.21. The SMILES string of the molecule is CC(CO)CCCC(C)[C@H]1[C@@H](O)[C@@H](O)[C@@H]2[C@]1(C)CC[C@@H]1[C@@]3(C)CC[C@H](O)C[C@@H]3[C@@H](O)C[C@]12O. The van der Waals surface area contributed by atoms with Gasteiger partial charge in [0.2, 0.25) is 0 Å². The third-order valence-corrected chi connectivity index (χ3v) is 11.1. The van der Waals surface area contributed by atoms with Crippen molar-refractivity contribution in [3.63, 3.8) is 0 Å². The van der Waals surface area contributed by atoms with Crippen LogP contribution in [0.2, 0.25) is 0 Å². The molecule has 2 unspecified atom stereocenters. The van der Waals surface area contributed by atoms with Gasteiger partial charge in [-0.15, -0.1) is 0 Å². The maximum absolute atomic E-state index is 12.3. The zero-order valence-corrected chi connectivity index (χ0v) is 21.0. The van der Waals surface area contributed by atoms with Crippen molar-refractivity contribution >= 4 is 0 Å². The molecular formula is C27H48O6. The predicted octanol–water partition coefficient (Wildman–Crippen LogP) is 2.47. The molecule has 0 aromatic rings. The van der Waals surface area contributed by atoms with Gasteiger partial charge >= 0.3 is 0 Å². The van der Waals surface area contributed by atoms with Crippen molar-refractivity contribution in [1.82, 2.24) is 0 Å². The molecule has 0 aromatic heterocycles. The Morgan fingerprint density at radius 2 is 1.58 bits per heavy atom. The Labute approximate surface area is 199 Å². The van der Waals surface area contributed by atoms with Gasteiger partial charge in [-0.2, -0.15) is 0 Å². The lowest BCUT2D eigenvalue weighted by molar-refractivity contribution is -0.264. The lowest BCUT2D eigenvalue weighted by Gasteiger charge is -2.65. The summed E-state index contributed by atoms with van der Waals surface area (Å²) in [7, 11) is 0. The van der Waals surface area contributed by atoms with Crippen LogP contribution < -0.4 is 0 Å². The van der Waals surface area contributed by atoms with Crippen molar-refractivity contribution < 1.29 is 30.6 Å². The van der Waals surface area contributed by atoms with Crippen LogP contribution in [0.15, 0.2) is 0 Å². The van der Waals surface area contributed by atoms with Gasteiger partial charge in [-0.3, -0.25) is 0 Å². The van der Waals surface area contributed by atoms with Gasteiger partial charge in [-0.05, 0) is 78.9 Å². The summed E-state index contributed by atoms with van der Waals surface area (Å²) in [5.74, 6) is -0.211. The van der Waals surface area contributed by atoms with Crippen LogP contribution in [-0.2, 0) is 0 Å². The largest absolute Gasteiger partial charge is 0.396 e. The van der Waals surface area contributed by atoms with Crippen molar-refractivity contribution in [1.29, 1.82) is 0 Å². The van der Waals surface area contributed by atoms with E-state index >= 15 is 0 Å². The van der Waals surface area contributed by atoms with E-state index in [4.69, 9.17) is 0 Å². The number of aliphatic hydroxyl groups is 6. The Hall–Kier alpha value is -0.240. The number of hydrogen-bond donors (Lipinski definition) is 6. The Kier molecular flexibility index (Phi) is 7.05. The molecule has 0 saturated heterocycles. The smallest absolute Gasteiger partial charge is 0.0863 e. The molecule has 192 valence electrons. The molecular weight excluding hydrogens is 420 g/mol. The van der Waals surface area contributed by atoms with Crippen LogP contribution >= 0.6 is 0 Å². The molecule has 0 spiro atoms. The Morgan fingerprint density at radius 3 is 2.24 bits per heavy atom. The Balaban J connectivity index is 1.61. The summed E-state index contributed by atoms with van der Waals surface area (Å²) in [5.41, 5.74) is -1.90. The fourth-order valence-corrected chi connectivity index (χ4v) is 9.57. The van der Waals surface area contributed by atoms with E-state index in [0.717, 1.165) is 38.5 Å². The van der Waals surface area contributed by atoms with E-state index in [9.17, 15) is 30.6 Å². The van der Waals surface area contributed by atoms with E-state index in [2.05, 4.69) is 20.8 Å². The number of aliphatic hydroxyl groups excluding tert-OH is 5. The molecule has 6 heteroatoms. The molecule has 6 N–H and O–H groups in total. The summed E-state index contributed by atoms with van der Waals surface area (Å²) in [6.45, 7) is 8.70. The number of rotatable bonds is 6. The summed E-state index contributed by atoms with van der Waals surface area (Å²) in [6.07, 6.45) is 3.75. The summed E-state index contributed by atoms with van der Waals surface area (Å²) in [6, 6.07) is 0. The van der Waals surface area contributed by atoms with Crippen molar-refractivity contribution in [3.05, 3.63) is 0 Å². The van der Waals surface area contributed by atoms with E-state index in [0.29, 0.717) is 12.8 Å². The van der Waals surface area contributed by atoms with Gasteiger partial charge < -0.3 is 30.6 Å². The van der Waals surface area contributed by atoms with Crippen LogP contribution in [0.1, 0.15) is 85.5 Å². The molecule has 6 nitrogen and oxygen atoms in total. The van der Waals surface area contributed by atoms with Crippen LogP contribution in [0, 0.1) is 46.3 Å². The second-order valence-corrected chi connectivity index (χ2v) is 13.1. The molecule has 13 atom stereocenters. The van der Waals surface area contributed by atoms with E-state index < -0.39 is 41.3 Å². The first-order chi connectivity index (χ1) is 15.4. The van der Waals surface area contributed by atoms with Gasteiger partial charge in [0.25, 0.3) is 0 Å². The van der Waals surface area contributed by atoms with Gasteiger partial charge in [0, 0.05) is 18.9 Å². The highest BCUT2D eigenvalue weighted by Gasteiger charge is 2.72. The van der Waals surface area contributed by atoms with E-state index in [1.807, 2.05) is 6.92 Å². The molecule has 4 saturated carbocycles. The minimum absolute atomic E-state index is 0.0393. The zero-order chi connectivity index (χ0) is 24.3. The van der Waals surface area contributed by atoms with Gasteiger partial charge in [0.05, 0.1) is 30.0 Å². The summed E-state index contributed by atoms with van der Waals surface area (Å²) in [5, 5.41) is 65.7. The van der Waals surface area contributed by atoms with Crippen LogP contribution in [0.5, 0.6) is 0 Å². The van der Waals surface area contributed by atoms with E-state index in [1.165, 1.54) is 0 Å². The first kappa shape index (κ1) is 25.8. The molecule has 4 fully saturated rings. The predicted molar refractivity (Wildman–Crippen MR) is 126 cm³/mol. The molecule has 33 heavy (non-hydrogen) atoms. The molecule has 0 aromatic carbocycles. The zero-order valence-electron chi connectivity index (χ0n) is 21.0. The normalized spacial score (nSPS) is 53.6. The van der Waals surface area contributed by atoms with Gasteiger partial charge in [0.15, 0.2) is 0 Å². The van der Waals surface area contributed by atoms with E-state index in [1.54, 1.807) is 0 Å². The minimum Gasteiger partial charge on any atom is -0.396 e. The maximum atomic E-state index is 12.3. The number of fused-ring (bicyclic) bond motifs is 5. The molecule has 0 heterocycles. The second kappa shape index (κ2) is 9.01. The van der Waals surface area contributed by atoms with E-state index in [-0.39, 0.29) is 48.0 Å². The van der Waals surface area contributed by atoms with Crippen molar-refractivity contribution in [3.8, 4) is 0 Å². The molecule has 4 rings (SSSR count). The third kappa shape index (κ3) is 3.92. The lowest BCUT2D eigenvalue weighted by atomic mass is 9.42. The Morgan fingerprint density at radius 1 is 0.909 bits per heavy atom. The van der Waals surface area contributed by atoms with Crippen molar-refractivity contribution in [2.24, 2.45) is 46.3 Å². The van der Waals surface area contributed by atoms with Gasteiger partial charge in [-0.1, -0.05) is 40.5 Å². The summed E-state index contributed by atoms with van der Waals surface area (Å²) in [4.78, 5) is 0. The Bertz CT molecular complexity index is 702. The molecule has 0 bridgehead atoms. The monoisotopic (exact) mass is 468 g/mol. The molecule has 4 aliphatic carbocycles. The molecule has 0 aliphatic heterocycles. The lowest BCUT2D eigenvalue weighted by Crippen LogP contribution is -2.68. The number of hydrogen-bond acceptors (Lipinski definition) is 6. The van der Waals surface area contributed by atoms with Crippen molar-refractivity contribution in [2.75, 3.05) is 6.61 Å². The standard InChI is InChI=1S/C27H48O6/c1-15(14-28)6-5-7-16(2)21-22(31)23(32)24-26(21,4)11-9-20-25(3)10-8-17(29)12-18(25)19(30)13-27(20,24)33/h15-24,28-33H,5-14H2,1-4H3/t15?,16?,17-,18+,19-,20+,21-,22+,23+,24+,25-,26+,27-/m0/s1. The van der Waals surface area contributed by atoms with Crippen molar-refractivity contribution in [2.45, 2.75) is 115 Å². The van der Waals surface area contributed by atoms with Crippen LogP contribution in [0.3, 0.4) is 0 Å². The summed E-state index contributed by atoms with van der Waals surface area (Å²) >= 11 is 0. The fourth-order valence-electron chi connectivity index (χ4n) is 9.57. The highest BCUT2D eigenvalue weighted by Crippen LogP contribution is 2.69. The first-order valence-corrected chi connectivity index (χ1v) is 13.5. The molecule has 4 aliphatic rings. The highest BCUT2D eigenvalue weighted by atomic mass is 16.3. The maximum Gasteiger partial charge on any atom is 0.0863 e. The fraction of sp³-hybridized carbons (Fsp3) is 1.00. The molecule has 0 radical (unpaired) electrons. The second-order valence-electron chi connectivity index (χ2n) is 13.1. The molecule has 0 amide bonds. The van der Waals surface area contributed by atoms with Gasteiger partial charge in [0.1, 0.15) is 0 Å². The van der Waals surface area contributed by atoms with Gasteiger partial charge in [-0.25, -0.2) is 0 Å². The summed E-state index contributed by atoms with van der Waals surface area (Å²) < 4.78 is 0. The topological polar surface area (TPSA) is 121 Å². The van der Waals surface area contributed by atoms with Crippen LogP contribution in [-0.4, -0.2) is 67.3 Å². The first-order valence-electron chi connectivity index (χ1n) is 13.5. The van der Waals surface area contributed by atoms with Crippen LogP contribution in [0.25, 0.3) is 0 Å². The average molecular weight is 469 g/mol. The third-order valence-electron chi connectivity index (χ3n) is 11.1.